The van der Waals surface area contributed by atoms with Gasteiger partial charge in [-0.15, -0.1) is 0 Å². The van der Waals surface area contributed by atoms with Crippen molar-refractivity contribution >= 4 is 44.3 Å². The SMILES string of the molecule is O=c1[nH]c(Nc2cccc3cc4ccccc4cc23)nc2nc[nH]c12. The predicted molar refractivity (Wildman–Crippen MR) is 99.2 cm³/mol. The lowest BCUT2D eigenvalue weighted by Crippen LogP contribution is -2.11. The Morgan fingerprint density at radius 3 is 2.60 bits per heavy atom. The van der Waals surface area contributed by atoms with Crippen LogP contribution in [-0.2, 0) is 0 Å². The predicted octanol–water partition coefficient (Wildman–Crippen LogP) is 3.70. The first-order valence-corrected chi connectivity index (χ1v) is 7.90. The van der Waals surface area contributed by atoms with Crippen molar-refractivity contribution in [2.45, 2.75) is 0 Å². The van der Waals surface area contributed by atoms with Crippen LogP contribution in [0.2, 0.25) is 0 Å². The van der Waals surface area contributed by atoms with E-state index in [2.05, 4.69) is 55.6 Å². The Kier molecular flexibility index (Phi) is 2.84. The maximum atomic E-state index is 12.1. The second-order valence-electron chi connectivity index (χ2n) is 5.87. The van der Waals surface area contributed by atoms with Gasteiger partial charge >= 0.3 is 0 Å². The normalized spacial score (nSPS) is 11.4. The molecule has 0 amide bonds. The Labute approximate surface area is 141 Å². The number of hydrogen-bond acceptors (Lipinski definition) is 4. The lowest BCUT2D eigenvalue weighted by molar-refractivity contribution is 1.16. The molecule has 2 aromatic heterocycles. The molecule has 5 rings (SSSR count). The molecule has 3 aromatic carbocycles. The molecule has 0 spiro atoms. The molecular weight excluding hydrogens is 314 g/mol. The molecule has 0 aliphatic carbocycles. The Morgan fingerprint density at radius 2 is 1.72 bits per heavy atom. The fourth-order valence-corrected chi connectivity index (χ4v) is 3.11. The molecule has 6 nitrogen and oxygen atoms in total. The summed E-state index contributed by atoms with van der Waals surface area (Å²) in [5, 5.41) is 7.74. The van der Waals surface area contributed by atoms with Crippen LogP contribution in [0.25, 0.3) is 32.7 Å². The summed E-state index contributed by atoms with van der Waals surface area (Å²) in [5.74, 6) is 0.366. The molecular formula is C19H13N5O. The third-order valence-corrected chi connectivity index (χ3v) is 4.30. The fraction of sp³-hybridized carbons (Fsp3) is 0. The van der Waals surface area contributed by atoms with Crippen LogP contribution in [-0.4, -0.2) is 19.9 Å². The minimum atomic E-state index is -0.254. The second-order valence-corrected chi connectivity index (χ2v) is 5.87. The number of benzene rings is 3. The number of hydrogen-bond donors (Lipinski definition) is 3. The van der Waals surface area contributed by atoms with Gasteiger partial charge in [-0.1, -0.05) is 36.4 Å². The summed E-state index contributed by atoms with van der Waals surface area (Å²) in [6.45, 7) is 0. The number of imidazole rings is 1. The zero-order valence-corrected chi connectivity index (χ0v) is 13.1. The maximum Gasteiger partial charge on any atom is 0.278 e. The van der Waals surface area contributed by atoms with E-state index in [0.717, 1.165) is 21.8 Å². The van der Waals surface area contributed by atoms with Gasteiger partial charge in [0.25, 0.3) is 5.56 Å². The molecule has 0 atom stereocenters. The van der Waals surface area contributed by atoms with Gasteiger partial charge in [0, 0.05) is 11.1 Å². The summed E-state index contributed by atoms with van der Waals surface area (Å²) in [4.78, 5) is 26.0. The minimum Gasteiger partial charge on any atom is -0.339 e. The van der Waals surface area contributed by atoms with Crippen molar-refractivity contribution < 1.29 is 0 Å². The molecule has 6 heteroatoms. The zero-order valence-electron chi connectivity index (χ0n) is 13.1. The number of rotatable bonds is 2. The molecule has 25 heavy (non-hydrogen) atoms. The number of nitrogens with zero attached hydrogens (tertiary/aromatic N) is 2. The molecule has 0 aliphatic rings. The van der Waals surface area contributed by atoms with Crippen molar-refractivity contribution in [3.8, 4) is 0 Å². The molecule has 0 saturated heterocycles. The number of aromatic nitrogens is 4. The van der Waals surface area contributed by atoms with Crippen LogP contribution in [0.1, 0.15) is 0 Å². The van der Waals surface area contributed by atoms with E-state index >= 15 is 0 Å². The lowest BCUT2D eigenvalue weighted by atomic mass is 10.0. The van der Waals surface area contributed by atoms with E-state index in [4.69, 9.17) is 0 Å². The molecule has 120 valence electrons. The van der Waals surface area contributed by atoms with Gasteiger partial charge in [-0.3, -0.25) is 9.78 Å². The monoisotopic (exact) mass is 327 g/mol. The number of anilines is 2. The van der Waals surface area contributed by atoms with Crippen LogP contribution in [0, 0.1) is 0 Å². The average molecular weight is 327 g/mol. The summed E-state index contributed by atoms with van der Waals surface area (Å²) < 4.78 is 0. The fourth-order valence-electron chi connectivity index (χ4n) is 3.11. The van der Waals surface area contributed by atoms with E-state index in [1.165, 1.54) is 11.7 Å². The Morgan fingerprint density at radius 1 is 0.920 bits per heavy atom. The van der Waals surface area contributed by atoms with E-state index in [-0.39, 0.29) is 5.56 Å². The molecule has 5 aromatic rings. The van der Waals surface area contributed by atoms with E-state index in [0.29, 0.717) is 17.1 Å². The van der Waals surface area contributed by atoms with Crippen LogP contribution < -0.4 is 10.9 Å². The van der Waals surface area contributed by atoms with Crippen molar-refractivity contribution in [3.05, 3.63) is 71.3 Å². The third kappa shape index (κ3) is 2.23. The van der Waals surface area contributed by atoms with Crippen LogP contribution in [0.5, 0.6) is 0 Å². The highest BCUT2D eigenvalue weighted by Crippen LogP contribution is 2.29. The van der Waals surface area contributed by atoms with Crippen LogP contribution >= 0.6 is 0 Å². The van der Waals surface area contributed by atoms with E-state index in [1.807, 2.05) is 24.3 Å². The van der Waals surface area contributed by atoms with E-state index in [9.17, 15) is 4.79 Å². The van der Waals surface area contributed by atoms with Gasteiger partial charge in [-0.2, -0.15) is 4.98 Å². The Balaban J connectivity index is 1.68. The highest BCUT2D eigenvalue weighted by molar-refractivity contribution is 6.04. The van der Waals surface area contributed by atoms with Crippen molar-refractivity contribution in [1.29, 1.82) is 0 Å². The number of nitrogens with one attached hydrogen (secondary N) is 3. The molecule has 0 fully saturated rings. The van der Waals surface area contributed by atoms with Crippen LogP contribution in [0.4, 0.5) is 11.6 Å². The van der Waals surface area contributed by atoms with Crippen molar-refractivity contribution in [1.82, 2.24) is 19.9 Å². The first-order valence-electron chi connectivity index (χ1n) is 7.90. The van der Waals surface area contributed by atoms with Gasteiger partial charge < -0.3 is 10.3 Å². The van der Waals surface area contributed by atoms with Crippen molar-refractivity contribution in [3.63, 3.8) is 0 Å². The molecule has 3 N–H and O–H groups in total. The Bertz CT molecular complexity index is 1300. The maximum absolute atomic E-state index is 12.1. The van der Waals surface area contributed by atoms with Gasteiger partial charge in [-0.05, 0) is 34.4 Å². The quantitative estimate of drug-likeness (QED) is 0.432. The average Bonchev–Trinajstić information content (AvgIpc) is 3.10. The van der Waals surface area contributed by atoms with Gasteiger partial charge in [0.2, 0.25) is 5.95 Å². The molecule has 0 saturated carbocycles. The summed E-state index contributed by atoms with van der Waals surface area (Å²) in [6, 6.07) is 18.5. The Hall–Kier alpha value is -3.67. The summed E-state index contributed by atoms with van der Waals surface area (Å²) >= 11 is 0. The number of H-pyrrole nitrogens is 2. The topological polar surface area (TPSA) is 86.5 Å². The highest BCUT2D eigenvalue weighted by atomic mass is 16.1. The van der Waals surface area contributed by atoms with E-state index < -0.39 is 0 Å². The standard InChI is InChI=1S/C19H13N5O/c25-18-16-17(21-10-20-16)23-19(24-18)22-15-7-3-6-13-8-11-4-1-2-5-12(11)9-14(13)15/h1-10H,(H3,20,21,22,23,24,25). The lowest BCUT2D eigenvalue weighted by Gasteiger charge is -2.10. The number of fused-ring (bicyclic) bond motifs is 3. The molecule has 0 bridgehead atoms. The highest BCUT2D eigenvalue weighted by Gasteiger charge is 2.08. The largest absolute Gasteiger partial charge is 0.339 e. The van der Waals surface area contributed by atoms with Gasteiger partial charge in [0.1, 0.15) is 0 Å². The van der Waals surface area contributed by atoms with Crippen LogP contribution in [0.3, 0.4) is 0 Å². The molecule has 0 unspecified atom stereocenters. The minimum absolute atomic E-state index is 0.254. The van der Waals surface area contributed by atoms with Gasteiger partial charge in [0.05, 0.1) is 6.33 Å². The summed E-state index contributed by atoms with van der Waals surface area (Å²) in [5.41, 5.74) is 1.38. The summed E-state index contributed by atoms with van der Waals surface area (Å²) in [7, 11) is 0. The van der Waals surface area contributed by atoms with Crippen molar-refractivity contribution in [2.75, 3.05) is 5.32 Å². The smallest absolute Gasteiger partial charge is 0.278 e. The van der Waals surface area contributed by atoms with Gasteiger partial charge in [0.15, 0.2) is 11.2 Å². The van der Waals surface area contributed by atoms with Crippen molar-refractivity contribution in [2.24, 2.45) is 0 Å². The van der Waals surface area contributed by atoms with Crippen LogP contribution in [0.15, 0.2) is 65.7 Å². The second kappa shape index (κ2) is 5.17. The first kappa shape index (κ1) is 13.7. The zero-order chi connectivity index (χ0) is 16.8. The third-order valence-electron chi connectivity index (χ3n) is 4.30. The number of aromatic amines is 2. The molecule has 0 aliphatic heterocycles. The molecule has 0 radical (unpaired) electrons. The first-order chi connectivity index (χ1) is 12.3. The van der Waals surface area contributed by atoms with E-state index in [1.54, 1.807) is 0 Å². The summed E-state index contributed by atoms with van der Waals surface area (Å²) in [6.07, 6.45) is 1.46. The van der Waals surface area contributed by atoms with Gasteiger partial charge in [-0.25, -0.2) is 4.98 Å². The molecule has 2 heterocycles.